The van der Waals surface area contributed by atoms with Crippen molar-refractivity contribution in [3.8, 4) is 0 Å². The quantitative estimate of drug-likeness (QED) is 0.513. The third kappa shape index (κ3) is 1.89. The van der Waals surface area contributed by atoms with Crippen LogP contribution < -0.4 is 0 Å². The van der Waals surface area contributed by atoms with Gasteiger partial charge in [-0.3, -0.25) is 9.59 Å². The van der Waals surface area contributed by atoms with Gasteiger partial charge < -0.3 is 9.47 Å². The molecule has 4 nitrogen and oxygen atoms in total. The fourth-order valence-corrected chi connectivity index (χ4v) is 1.60. The fourth-order valence-electron chi connectivity index (χ4n) is 1.60. The van der Waals surface area contributed by atoms with E-state index in [2.05, 4.69) is 0 Å². The summed E-state index contributed by atoms with van der Waals surface area (Å²) in [6.07, 6.45) is 1.03. The van der Waals surface area contributed by atoms with Crippen LogP contribution in [0.1, 0.15) is 40.0 Å². The summed E-state index contributed by atoms with van der Waals surface area (Å²) in [5.41, 5.74) is 0. The lowest BCUT2D eigenvalue weighted by atomic mass is 9.94. The van der Waals surface area contributed by atoms with Crippen molar-refractivity contribution < 1.29 is 19.1 Å². The number of esters is 2. The molecular formula is C10H16O4. The third-order valence-corrected chi connectivity index (χ3v) is 2.72. The number of hydrogen-bond acceptors (Lipinski definition) is 4. The van der Waals surface area contributed by atoms with Crippen LogP contribution in [0.25, 0.3) is 0 Å². The third-order valence-electron chi connectivity index (χ3n) is 2.72. The molecule has 1 unspecified atom stereocenters. The van der Waals surface area contributed by atoms with Gasteiger partial charge in [-0.2, -0.15) is 0 Å². The van der Waals surface area contributed by atoms with E-state index in [0.29, 0.717) is 6.42 Å². The van der Waals surface area contributed by atoms with Gasteiger partial charge in [0.25, 0.3) is 5.79 Å². The van der Waals surface area contributed by atoms with Crippen molar-refractivity contribution in [2.45, 2.75) is 45.8 Å². The molecular weight excluding hydrogens is 184 g/mol. The molecule has 1 heterocycles. The highest BCUT2D eigenvalue weighted by Crippen LogP contribution is 2.33. The minimum atomic E-state index is -1.03. The SMILES string of the molecule is CCC(C)C1(CC)OC(=O)CC(=O)O1. The summed E-state index contributed by atoms with van der Waals surface area (Å²) in [6.45, 7) is 5.73. The Morgan fingerprint density at radius 1 is 1.29 bits per heavy atom. The van der Waals surface area contributed by atoms with Gasteiger partial charge in [0, 0.05) is 12.3 Å². The van der Waals surface area contributed by atoms with Crippen LogP contribution in [0.15, 0.2) is 0 Å². The summed E-state index contributed by atoms with van der Waals surface area (Å²) in [5.74, 6) is -1.96. The van der Waals surface area contributed by atoms with Crippen LogP contribution in [0.2, 0.25) is 0 Å². The molecule has 4 heteroatoms. The lowest BCUT2D eigenvalue weighted by Crippen LogP contribution is -2.49. The molecule has 1 aliphatic rings. The zero-order valence-electron chi connectivity index (χ0n) is 8.83. The van der Waals surface area contributed by atoms with E-state index in [4.69, 9.17) is 9.47 Å². The highest BCUT2D eigenvalue weighted by Gasteiger charge is 2.45. The molecule has 0 bridgehead atoms. The monoisotopic (exact) mass is 200 g/mol. The lowest BCUT2D eigenvalue weighted by Gasteiger charge is -2.39. The van der Waals surface area contributed by atoms with Gasteiger partial charge in [-0.05, 0) is 6.42 Å². The smallest absolute Gasteiger partial charge is 0.320 e. The van der Waals surface area contributed by atoms with Gasteiger partial charge in [-0.25, -0.2) is 0 Å². The Morgan fingerprint density at radius 2 is 1.79 bits per heavy atom. The zero-order chi connectivity index (χ0) is 10.8. The number of hydrogen-bond donors (Lipinski definition) is 0. The van der Waals surface area contributed by atoms with E-state index in [1.807, 2.05) is 20.8 Å². The number of carbonyl (C=O) groups is 2. The first-order valence-corrected chi connectivity index (χ1v) is 4.97. The van der Waals surface area contributed by atoms with Crippen LogP contribution >= 0.6 is 0 Å². The number of ether oxygens (including phenoxy) is 2. The van der Waals surface area contributed by atoms with Gasteiger partial charge in [0.1, 0.15) is 6.42 Å². The molecule has 0 aromatic rings. The van der Waals surface area contributed by atoms with Gasteiger partial charge in [0.15, 0.2) is 0 Å². The standard InChI is InChI=1S/C10H16O4/c1-4-7(3)10(5-2)13-8(11)6-9(12)14-10/h7H,4-6H2,1-3H3. The first kappa shape index (κ1) is 11.0. The van der Waals surface area contributed by atoms with E-state index >= 15 is 0 Å². The minimum Gasteiger partial charge on any atom is -0.422 e. The molecule has 14 heavy (non-hydrogen) atoms. The zero-order valence-corrected chi connectivity index (χ0v) is 8.83. The average molecular weight is 200 g/mol. The van der Waals surface area contributed by atoms with E-state index in [9.17, 15) is 9.59 Å². The van der Waals surface area contributed by atoms with E-state index in [-0.39, 0.29) is 12.3 Å². The van der Waals surface area contributed by atoms with Crippen molar-refractivity contribution >= 4 is 11.9 Å². The second-order valence-electron chi connectivity index (χ2n) is 3.60. The van der Waals surface area contributed by atoms with E-state index < -0.39 is 17.7 Å². The van der Waals surface area contributed by atoms with Crippen LogP contribution in [-0.2, 0) is 19.1 Å². The Hall–Kier alpha value is -1.06. The molecule has 0 N–H and O–H groups in total. The average Bonchev–Trinajstić information content (AvgIpc) is 2.14. The molecule has 0 saturated carbocycles. The van der Waals surface area contributed by atoms with Crippen LogP contribution in [-0.4, -0.2) is 17.7 Å². The molecule has 0 spiro atoms. The topological polar surface area (TPSA) is 52.6 Å². The summed E-state index contributed by atoms with van der Waals surface area (Å²) >= 11 is 0. The Kier molecular flexibility index (Phi) is 3.13. The number of cyclic esters (lactones) is 2. The van der Waals surface area contributed by atoms with Gasteiger partial charge in [-0.15, -0.1) is 0 Å². The second-order valence-corrected chi connectivity index (χ2v) is 3.60. The number of rotatable bonds is 3. The molecule has 0 aromatic carbocycles. The van der Waals surface area contributed by atoms with Crippen LogP contribution in [0.3, 0.4) is 0 Å². The molecule has 0 radical (unpaired) electrons. The van der Waals surface area contributed by atoms with Crippen molar-refractivity contribution in [3.63, 3.8) is 0 Å². The molecule has 1 atom stereocenters. The summed E-state index contributed by atoms with van der Waals surface area (Å²) in [5, 5.41) is 0. The fraction of sp³-hybridized carbons (Fsp3) is 0.800. The molecule has 1 fully saturated rings. The van der Waals surface area contributed by atoms with Crippen LogP contribution in [0.4, 0.5) is 0 Å². The Balaban J connectivity index is 2.87. The molecule has 80 valence electrons. The van der Waals surface area contributed by atoms with Gasteiger partial charge >= 0.3 is 11.9 Å². The second kappa shape index (κ2) is 3.98. The molecule has 1 aliphatic heterocycles. The van der Waals surface area contributed by atoms with Gasteiger partial charge in [0.05, 0.1) is 0 Å². The minimum absolute atomic E-state index is 0.0284. The molecule has 1 saturated heterocycles. The lowest BCUT2D eigenvalue weighted by molar-refractivity contribution is -0.262. The highest BCUT2D eigenvalue weighted by atomic mass is 16.7. The highest BCUT2D eigenvalue weighted by molar-refractivity contribution is 5.93. The van der Waals surface area contributed by atoms with Crippen molar-refractivity contribution in [2.75, 3.05) is 0 Å². The Morgan fingerprint density at radius 3 is 2.14 bits per heavy atom. The molecule has 0 aromatic heterocycles. The summed E-state index contributed by atoms with van der Waals surface area (Å²) in [6, 6.07) is 0. The maximum absolute atomic E-state index is 11.1. The summed E-state index contributed by atoms with van der Waals surface area (Å²) in [4.78, 5) is 22.3. The Bertz CT molecular complexity index is 231. The van der Waals surface area contributed by atoms with Crippen molar-refractivity contribution in [1.82, 2.24) is 0 Å². The maximum Gasteiger partial charge on any atom is 0.320 e. The molecule has 0 amide bonds. The van der Waals surface area contributed by atoms with Crippen molar-refractivity contribution in [1.29, 1.82) is 0 Å². The molecule has 0 aliphatic carbocycles. The Labute approximate surface area is 83.6 Å². The summed E-state index contributed by atoms with van der Waals surface area (Å²) in [7, 11) is 0. The largest absolute Gasteiger partial charge is 0.422 e. The number of carbonyl (C=O) groups excluding carboxylic acids is 2. The van der Waals surface area contributed by atoms with Crippen LogP contribution in [0, 0.1) is 5.92 Å². The predicted octanol–water partition coefficient (Wildman–Crippen LogP) is 1.63. The van der Waals surface area contributed by atoms with Crippen molar-refractivity contribution in [3.05, 3.63) is 0 Å². The first-order valence-electron chi connectivity index (χ1n) is 4.97. The molecule has 1 rings (SSSR count). The predicted molar refractivity (Wildman–Crippen MR) is 49.3 cm³/mol. The maximum atomic E-state index is 11.1. The normalized spacial score (nSPS) is 22.5. The van der Waals surface area contributed by atoms with Crippen LogP contribution in [0.5, 0.6) is 0 Å². The van der Waals surface area contributed by atoms with E-state index in [0.717, 1.165) is 6.42 Å². The first-order chi connectivity index (χ1) is 6.54. The van der Waals surface area contributed by atoms with Gasteiger partial charge in [-0.1, -0.05) is 20.8 Å². The van der Waals surface area contributed by atoms with E-state index in [1.165, 1.54) is 0 Å². The van der Waals surface area contributed by atoms with Crippen molar-refractivity contribution in [2.24, 2.45) is 5.92 Å². The van der Waals surface area contributed by atoms with Gasteiger partial charge in [0.2, 0.25) is 0 Å². The van der Waals surface area contributed by atoms with E-state index in [1.54, 1.807) is 0 Å². The summed E-state index contributed by atoms with van der Waals surface area (Å²) < 4.78 is 10.3.